The first-order valence-corrected chi connectivity index (χ1v) is 14.4. The van der Waals surface area contributed by atoms with E-state index >= 15 is 0 Å². The Morgan fingerprint density at radius 2 is 1.76 bits per heavy atom. The number of nitrogens with one attached hydrogen (secondary N) is 2. The number of aliphatic hydroxyl groups excluding tert-OH is 1. The molecule has 0 spiro atoms. The number of piperazine rings is 1. The molecular weight excluding hydrogens is 530 g/mol. The summed E-state index contributed by atoms with van der Waals surface area (Å²) in [5.41, 5.74) is 2.49. The van der Waals surface area contributed by atoms with E-state index in [1.807, 2.05) is 32.0 Å². The third-order valence-electron chi connectivity index (χ3n) is 7.36. The number of hydrogen-bond donors (Lipinski definition) is 3. The Labute approximate surface area is 241 Å². The number of carbonyl (C=O) groups excluding carboxylic acids is 3. The van der Waals surface area contributed by atoms with Gasteiger partial charge in [-0.3, -0.25) is 14.4 Å². The fourth-order valence-electron chi connectivity index (χ4n) is 5.15. The standard InChI is InChI=1S/C31H42F2N4O4/c1-4-7-11-37-27(6-3)31(41)36(20-30(37)40)19-29(39)35-26(15-23-13-24(32)16-25(33)14-23)28(38)18-34-17-22-10-8-9-21(5-2)12-22/h8-10,12-14,16,26-28,34,38H,4-7,11,15,17-20H2,1-3H3,(H,35,39)/t26-,27-,28+/m0/s1. The second-order valence-corrected chi connectivity index (χ2v) is 10.6. The highest BCUT2D eigenvalue weighted by Crippen LogP contribution is 2.17. The zero-order chi connectivity index (χ0) is 29.9. The first-order valence-electron chi connectivity index (χ1n) is 14.4. The van der Waals surface area contributed by atoms with Crippen LogP contribution in [-0.2, 0) is 33.8 Å². The summed E-state index contributed by atoms with van der Waals surface area (Å²) in [7, 11) is 0. The van der Waals surface area contributed by atoms with Gasteiger partial charge in [-0.15, -0.1) is 0 Å². The van der Waals surface area contributed by atoms with E-state index in [1.54, 1.807) is 4.90 Å². The SMILES string of the molecule is CCCCN1C(=O)CN(CC(=O)N[C@@H](Cc2cc(F)cc(F)c2)[C@H](O)CNCc2cccc(CC)c2)C(=O)[C@@H]1CC. The molecule has 0 bridgehead atoms. The van der Waals surface area contributed by atoms with Gasteiger partial charge in [0, 0.05) is 25.7 Å². The summed E-state index contributed by atoms with van der Waals surface area (Å²) in [6.07, 6.45) is 1.87. The number of hydrogen-bond acceptors (Lipinski definition) is 5. The molecule has 8 nitrogen and oxygen atoms in total. The van der Waals surface area contributed by atoms with Crippen LogP contribution in [0.5, 0.6) is 0 Å². The Hall–Kier alpha value is -3.37. The Morgan fingerprint density at radius 1 is 1.05 bits per heavy atom. The van der Waals surface area contributed by atoms with E-state index in [1.165, 1.54) is 10.5 Å². The normalized spacial score (nSPS) is 17.1. The van der Waals surface area contributed by atoms with E-state index in [0.29, 0.717) is 19.5 Å². The molecule has 3 rings (SSSR count). The van der Waals surface area contributed by atoms with Crippen LogP contribution in [-0.4, -0.2) is 77.0 Å². The van der Waals surface area contributed by atoms with Crippen LogP contribution < -0.4 is 10.6 Å². The average molecular weight is 573 g/mol. The number of rotatable bonds is 15. The molecule has 1 fully saturated rings. The third-order valence-corrected chi connectivity index (χ3v) is 7.36. The van der Waals surface area contributed by atoms with Crippen LogP contribution in [0.2, 0.25) is 0 Å². The van der Waals surface area contributed by atoms with E-state index in [9.17, 15) is 28.3 Å². The molecule has 0 unspecified atom stereocenters. The van der Waals surface area contributed by atoms with Crippen molar-refractivity contribution in [3.05, 3.63) is 70.8 Å². The average Bonchev–Trinajstić information content (AvgIpc) is 2.93. The molecule has 0 radical (unpaired) electrons. The lowest BCUT2D eigenvalue weighted by atomic mass is 10.00. The van der Waals surface area contributed by atoms with Gasteiger partial charge in [0.15, 0.2) is 0 Å². The monoisotopic (exact) mass is 572 g/mol. The number of unbranched alkanes of at least 4 members (excludes halogenated alkanes) is 1. The molecule has 0 aliphatic carbocycles. The Morgan fingerprint density at radius 3 is 2.41 bits per heavy atom. The lowest BCUT2D eigenvalue weighted by Crippen LogP contribution is -2.61. The van der Waals surface area contributed by atoms with Gasteiger partial charge in [-0.05, 0) is 54.5 Å². The molecule has 3 amide bonds. The zero-order valence-electron chi connectivity index (χ0n) is 24.2. The van der Waals surface area contributed by atoms with Crippen molar-refractivity contribution >= 4 is 17.7 Å². The molecule has 1 heterocycles. The minimum atomic E-state index is -1.11. The van der Waals surface area contributed by atoms with Crippen LogP contribution in [0.1, 0.15) is 56.7 Å². The van der Waals surface area contributed by atoms with Crippen molar-refractivity contribution < 1.29 is 28.3 Å². The topological polar surface area (TPSA) is 102 Å². The number of carbonyl (C=O) groups is 3. The van der Waals surface area contributed by atoms with Crippen molar-refractivity contribution in [2.45, 2.75) is 77.6 Å². The van der Waals surface area contributed by atoms with Gasteiger partial charge in [0.1, 0.15) is 30.8 Å². The Balaban J connectivity index is 1.68. The molecular formula is C31H42F2N4O4. The van der Waals surface area contributed by atoms with E-state index < -0.39 is 35.7 Å². The summed E-state index contributed by atoms with van der Waals surface area (Å²) in [4.78, 5) is 41.9. The molecule has 41 heavy (non-hydrogen) atoms. The van der Waals surface area contributed by atoms with Gasteiger partial charge in [-0.1, -0.05) is 51.5 Å². The Bertz CT molecular complexity index is 1170. The first kappa shape index (κ1) is 32.1. The molecule has 224 valence electrons. The van der Waals surface area contributed by atoms with Gasteiger partial charge in [-0.2, -0.15) is 0 Å². The maximum absolute atomic E-state index is 13.9. The zero-order valence-corrected chi connectivity index (χ0v) is 24.2. The van der Waals surface area contributed by atoms with Crippen molar-refractivity contribution in [1.29, 1.82) is 0 Å². The lowest BCUT2D eigenvalue weighted by molar-refractivity contribution is -0.157. The minimum Gasteiger partial charge on any atom is -0.390 e. The number of nitrogens with zero attached hydrogens (tertiary/aromatic N) is 2. The number of benzene rings is 2. The lowest BCUT2D eigenvalue weighted by Gasteiger charge is -2.40. The maximum Gasteiger partial charge on any atom is 0.246 e. The van der Waals surface area contributed by atoms with Gasteiger partial charge in [0.25, 0.3) is 0 Å². The van der Waals surface area contributed by atoms with Crippen LogP contribution >= 0.6 is 0 Å². The van der Waals surface area contributed by atoms with Gasteiger partial charge in [-0.25, -0.2) is 8.78 Å². The van der Waals surface area contributed by atoms with E-state index in [0.717, 1.165) is 43.0 Å². The third kappa shape index (κ3) is 9.33. The summed E-state index contributed by atoms with van der Waals surface area (Å²) in [6.45, 7) is 6.42. The fourth-order valence-corrected chi connectivity index (χ4v) is 5.15. The summed E-state index contributed by atoms with van der Waals surface area (Å²) >= 11 is 0. The molecule has 1 aliphatic heterocycles. The highest BCUT2D eigenvalue weighted by Gasteiger charge is 2.38. The van der Waals surface area contributed by atoms with Crippen LogP contribution in [0.15, 0.2) is 42.5 Å². The molecule has 3 atom stereocenters. The molecule has 1 saturated heterocycles. The van der Waals surface area contributed by atoms with Crippen LogP contribution in [0.3, 0.4) is 0 Å². The van der Waals surface area contributed by atoms with Crippen molar-refractivity contribution in [2.75, 3.05) is 26.2 Å². The summed E-state index contributed by atoms with van der Waals surface area (Å²) in [5, 5.41) is 16.9. The number of halogens is 2. The summed E-state index contributed by atoms with van der Waals surface area (Å²) < 4.78 is 27.8. The van der Waals surface area contributed by atoms with Crippen molar-refractivity contribution in [3.8, 4) is 0 Å². The molecule has 0 saturated carbocycles. The molecule has 0 aromatic heterocycles. The van der Waals surface area contributed by atoms with E-state index in [4.69, 9.17) is 0 Å². The van der Waals surface area contributed by atoms with E-state index in [-0.39, 0.29) is 43.4 Å². The Kier molecular flexibility index (Phi) is 12.2. The predicted octanol–water partition coefficient (Wildman–Crippen LogP) is 2.95. The second-order valence-electron chi connectivity index (χ2n) is 10.6. The summed E-state index contributed by atoms with van der Waals surface area (Å²) in [6, 6.07) is 9.58. The van der Waals surface area contributed by atoms with Crippen LogP contribution in [0.25, 0.3) is 0 Å². The van der Waals surface area contributed by atoms with Crippen molar-refractivity contribution in [3.63, 3.8) is 0 Å². The minimum absolute atomic E-state index is 0.0379. The van der Waals surface area contributed by atoms with E-state index in [2.05, 4.69) is 23.6 Å². The second kappa shape index (κ2) is 15.6. The largest absolute Gasteiger partial charge is 0.390 e. The van der Waals surface area contributed by atoms with Crippen LogP contribution in [0.4, 0.5) is 8.78 Å². The van der Waals surface area contributed by atoms with Gasteiger partial charge in [0.05, 0.1) is 12.1 Å². The number of amides is 3. The summed E-state index contributed by atoms with van der Waals surface area (Å²) in [5.74, 6) is -2.59. The smallest absolute Gasteiger partial charge is 0.246 e. The maximum atomic E-state index is 13.9. The fraction of sp³-hybridized carbons (Fsp3) is 0.516. The van der Waals surface area contributed by atoms with Gasteiger partial charge >= 0.3 is 0 Å². The van der Waals surface area contributed by atoms with Gasteiger partial charge in [0.2, 0.25) is 17.7 Å². The molecule has 3 N–H and O–H groups in total. The highest BCUT2D eigenvalue weighted by molar-refractivity contribution is 5.97. The molecule has 2 aromatic rings. The molecule has 10 heteroatoms. The quantitative estimate of drug-likeness (QED) is 0.305. The van der Waals surface area contributed by atoms with Crippen molar-refractivity contribution in [1.82, 2.24) is 20.4 Å². The number of aliphatic hydroxyl groups is 1. The predicted molar refractivity (Wildman–Crippen MR) is 153 cm³/mol. The first-order chi connectivity index (χ1) is 19.6. The highest BCUT2D eigenvalue weighted by atomic mass is 19.1. The van der Waals surface area contributed by atoms with Crippen LogP contribution in [0, 0.1) is 11.6 Å². The molecule has 1 aliphatic rings. The van der Waals surface area contributed by atoms with Gasteiger partial charge < -0.3 is 25.5 Å². The molecule has 2 aromatic carbocycles. The van der Waals surface area contributed by atoms with Crippen molar-refractivity contribution in [2.24, 2.45) is 0 Å². The number of aryl methyl sites for hydroxylation is 1.